The summed E-state index contributed by atoms with van der Waals surface area (Å²) in [7, 11) is 0. The predicted molar refractivity (Wildman–Crippen MR) is 115 cm³/mol. The molecule has 158 valence electrons. The van der Waals surface area contributed by atoms with Crippen LogP contribution < -0.4 is 15.4 Å². The molecule has 2 amide bonds. The van der Waals surface area contributed by atoms with Gasteiger partial charge in [-0.15, -0.1) is 0 Å². The van der Waals surface area contributed by atoms with Crippen LogP contribution in [-0.4, -0.2) is 18.6 Å². The zero-order valence-corrected chi connectivity index (χ0v) is 17.9. The first kappa shape index (κ1) is 21.4. The molecule has 2 aromatic carbocycles. The van der Waals surface area contributed by atoms with Gasteiger partial charge >= 0.3 is 12.0 Å². The Morgan fingerprint density at radius 2 is 1.90 bits per heavy atom. The molecule has 1 heterocycles. The van der Waals surface area contributed by atoms with Crippen LogP contribution in [-0.2, 0) is 16.1 Å². The van der Waals surface area contributed by atoms with Crippen LogP contribution in [0.4, 0.5) is 4.79 Å². The third-order valence-corrected chi connectivity index (χ3v) is 5.09. The van der Waals surface area contributed by atoms with Crippen molar-refractivity contribution >= 4 is 12.0 Å². The number of hydrogen-bond acceptors (Lipinski definition) is 4. The van der Waals surface area contributed by atoms with Gasteiger partial charge in [0.15, 0.2) is 0 Å². The molecule has 1 aliphatic rings. The van der Waals surface area contributed by atoms with Crippen molar-refractivity contribution in [2.45, 2.75) is 46.8 Å². The van der Waals surface area contributed by atoms with Crippen LogP contribution in [0.3, 0.4) is 0 Å². The van der Waals surface area contributed by atoms with Gasteiger partial charge in [-0.1, -0.05) is 42.8 Å². The van der Waals surface area contributed by atoms with Gasteiger partial charge in [-0.3, -0.25) is 0 Å². The lowest BCUT2D eigenvalue weighted by atomic mass is 9.94. The van der Waals surface area contributed by atoms with E-state index in [4.69, 9.17) is 9.47 Å². The smallest absolute Gasteiger partial charge is 0.338 e. The second kappa shape index (κ2) is 9.48. The Kier molecular flexibility index (Phi) is 6.77. The van der Waals surface area contributed by atoms with Crippen LogP contribution in [0.5, 0.6) is 5.75 Å². The summed E-state index contributed by atoms with van der Waals surface area (Å²) in [5.41, 5.74) is 5.23. The molecule has 1 unspecified atom stereocenters. The molecule has 0 aromatic heterocycles. The lowest BCUT2D eigenvalue weighted by Gasteiger charge is -2.29. The van der Waals surface area contributed by atoms with Gasteiger partial charge in [0.1, 0.15) is 12.4 Å². The highest BCUT2D eigenvalue weighted by molar-refractivity contribution is 5.95. The Labute approximate surface area is 177 Å². The molecular formula is C24H28N2O4. The second-order valence-electron chi connectivity index (χ2n) is 7.29. The maximum Gasteiger partial charge on any atom is 0.338 e. The third kappa shape index (κ3) is 4.82. The Bertz CT molecular complexity index is 981. The molecule has 1 atom stereocenters. The number of urea groups is 1. The fraction of sp³-hybridized carbons (Fsp3) is 0.333. The standard InChI is InChI=1S/C24H28N2O4/c1-5-20-21(23(27)29-6-2)22(26-24(28)25-20)17-8-7-9-19(13-17)30-14-18-12-15(3)10-11-16(18)4/h7-13,22H,5-6,14H2,1-4H3,(H2,25,26,28). The van der Waals surface area contributed by atoms with Gasteiger partial charge in [0, 0.05) is 5.70 Å². The number of rotatable bonds is 7. The van der Waals surface area contributed by atoms with E-state index in [1.165, 1.54) is 11.1 Å². The molecule has 0 radical (unpaired) electrons. The summed E-state index contributed by atoms with van der Waals surface area (Å²) in [6.07, 6.45) is 0.515. The predicted octanol–water partition coefficient (Wildman–Crippen LogP) is 4.46. The quantitative estimate of drug-likeness (QED) is 0.663. The molecule has 0 bridgehead atoms. The Hall–Kier alpha value is -3.28. The van der Waals surface area contributed by atoms with Crippen molar-refractivity contribution in [3.8, 4) is 5.75 Å². The fourth-order valence-corrected chi connectivity index (χ4v) is 3.50. The third-order valence-electron chi connectivity index (χ3n) is 5.09. The van der Waals surface area contributed by atoms with Crippen LogP contribution in [0.25, 0.3) is 0 Å². The number of nitrogens with one attached hydrogen (secondary N) is 2. The van der Waals surface area contributed by atoms with E-state index < -0.39 is 12.0 Å². The Morgan fingerprint density at radius 1 is 1.10 bits per heavy atom. The fourth-order valence-electron chi connectivity index (χ4n) is 3.50. The largest absolute Gasteiger partial charge is 0.489 e. The van der Waals surface area contributed by atoms with E-state index in [1.54, 1.807) is 6.92 Å². The van der Waals surface area contributed by atoms with Crippen molar-refractivity contribution in [1.82, 2.24) is 10.6 Å². The maximum absolute atomic E-state index is 12.6. The molecule has 0 saturated carbocycles. The van der Waals surface area contributed by atoms with Crippen molar-refractivity contribution in [3.05, 3.63) is 76.0 Å². The van der Waals surface area contributed by atoms with Crippen molar-refractivity contribution in [2.24, 2.45) is 0 Å². The summed E-state index contributed by atoms with van der Waals surface area (Å²) in [6.45, 7) is 8.46. The summed E-state index contributed by atoms with van der Waals surface area (Å²) in [4.78, 5) is 24.8. The van der Waals surface area contributed by atoms with Crippen molar-refractivity contribution < 1.29 is 19.1 Å². The number of esters is 1. The first-order valence-corrected chi connectivity index (χ1v) is 10.2. The second-order valence-corrected chi connectivity index (χ2v) is 7.29. The van der Waals surface area contributed by atoms with Crippen LogP contribution in [0.2, 0.25) is 0 Å². The van der Waals surface area contributed by atoms with Crippen LogP contribution in [0, 0.1) is 13.8 Å². The maximum atomic E-state index is 12.6. The topological polar surface area (TPSA) is 76.7 Å². The SMILES string of the molecule is CCOC(=O)C1=C(CC)NC(=O)NC1c1cccc(OCc2cc(C)ccc2C)c1. The molecule has 0 spiro atoms. The number of aryl methyl sites for hydroxylation is 2. The minimum Gasteiger partial charge on any atom is -0.489 e. The first-order valence-electron chi connectivity index (χ1n) is 10.2. The lowest BCUT2D eigenvalue weighted by molar-refractivity contribution is -0.139. The van der Waals surface area contributed by atoms with Crippen molar-refractivity contribution in [1.29, 1.82) is 0 Å². The highest BCUT2D eigenvalue weighted by Crippen LogP contribution is 2.31. The van der Waals surface area contributed by atoms with Gasteiger partial charge in [-0.25, -0.2) is 9.59 Å². The van der Waals surface area contributed by atoms with E-state index >= 15 is 0 Å². The average molecular weight is 408 g/mol. The zero-order chi connectivity index (χ0) is 21.7. The highest BCUT2D eigenvalue weighted by Gasteiger charge is 2.33. The molecular weight excluding hydrogens is 380 g/mol. The Balaban J connectivity index is 1.88. The molecule has 0 fully saturated rings. The van der Waals surface area contributed by atoms with E-state index in [2.05, 4.69) is 42.7 Å². The molecule has 0 saturated heterocycles. The number of carbonyl (C=O) groups excluding carboxylic acids is 2. The number of amides is 2. The van der Waals surface area contributed by atoms with Gasteiger partial charge in [-0.05, 0) is 56.0 Å². The molecule has 3 rings (SSSR count). The summed E-state index contributed by atoms with van der Waals surface area (Å²) in [5.74, 6) is 0.232. The number of ether oxygens (including phenoxy) is 2. The van der Waals surface area contributed by atoms with Gasteiger partial charge in [0.2, 0.25) is 0 Å². The van der Waals surface area contributed by atoms with E-state index in [0.717, 1.165) is 11.1 Å². The molecule has 6 nitrogen and oxygen atoms in total. The van der Waals surface area contributed by atoms with Gasteiger partial charge in [-0.2, -0.15) is 0 Å². The van der Waals surface area contributed by atoms with Crippen LogP contribution in [0.15, 0.2) is 53.7 Å². The van der Waals surface area contributed by atoms with Crippen molar-refractivity contribution in [3.63, 3.8) is 0 Å². The number of hydrogen-bond donors (Lipinski definition) is 2. The van der Waals surface area contributed by atoms with Crippen LogP contribution >= 0.6 is 0 Å². The zero-order valence-electron chi connectivity index (χ0n) is 17.9. The number of benzene rings is 2. The van der Waals surface area contributed by atoms with Gasteiger partial charge < -0.3 is 20.1 Å². The molecule has 6 heteroatoms. The van der Waals surface area contributed by atoms with E-state index in [9.17, 15) is 9.59 Å². The number of allylic oxidation sites excluding steroid dienone is 1. The highest BCUT2D eigenvalue weighted by atomic mass is 16.5. The van der Waals surface area contributed by atoms with E-state index in [-0.39, 0.29) is 12.6 Å². The van der Waals surface area contributed by atoms with Crippen LogP contribution in [0.1, 0.15) is 48.6 Å². The van der Waals surface area contributed by atoms with E-state index in [1.807, 2.05) is 31.2 Å². The molecule has 30 heavy (non-hydrogen) atoms. The minimum absolute atomic E-state index is 0.263. The van der Waals surface area contributed by atoms with Gasteiger partial charge in [0.05, 0.1) is 18.2 Å². The normalized spacial score (nSPS) is 16.0. The lowest BCUT2D eigenvalue weighted by Crippen LogP contribution is -2.45. The summed E-state index contributed by atoms with van der Waals surface area (Å²) in [6, 6.07) is 12.8. The summed E-state index contributed by atoms with van der Waals surface area (Å²) < 4.78 is 11.3. The van der Waals surface area contributed by atoms with E-state index in [0.29, 0.717) is 30.0 Å². The average Bonchev–Trinajstić information content (AvgIpc) is 2.74. The van der Waals surface area contributed by atoms with Crippen molar-refractivity contribution in [2.75, 3.05) is 6.61 Å². The first-order chi connectivity index (χ1) is 14.4. The molecule has 2 aromatic rings. The monoisotopic (exact) mass is 408 g/mol. The summed E-state index contributed by atoms with van der Waals surface area (Å²) >= 11 is 0. The molecule has 1 aliphatic heterocycles. The molecule has 2 N–H and O–H groups in total. The number of carbonyl (C=O) groups is 2. The summed E-state index contributed by atoms with van der Waals surface area (Å²) in [5, 5.41) is 5.57. The Morgan fingerprint density at radius 3 is 2.63 bits per heavy atom. The van der Waals surface area contributed by atoms with Gasteiger partial charge in [0.25, 0.3) is 0 Å². The minimum atomic E-state index is -0.600. The molecule has 0 aliphatic carbocycles.